The fraction of sp³-hybridized carbons (Fsp3) is 0.0714. The molecule has 8 aromatic carbocycles. The van der Waals surface area contributed by atoms with Crippen LogP contribution in [0.1, 0.15) is 35.4 Å². The Morgan fingerprint density at radius 3 is 2.05 bits per heavy atom. The third-order valence-corrected chi connectivity index (χ3v) is 12.1. The lowest BCUT2D eigenvalue weighted by Crippen LogP contribution is -2.39. The molecule has 2 aliphatic carbocycles. The SMILES string of the molecule is C1=CC(c2ccc3oc4c5ccccc5ccc4c3c2)=C(N(c2ccc(-c3cccc4ccccc34)cc2)C2C=CC(c3ccccc3)=CC2c2ccccc2)CC1. The van der Waals surface area contributed by atoms with Crippen molar-refractivity contribution in [3.63, 3.8) is 0 Å². The van der Waals surface area contributed by atoms with Gasteiger partial charge >= 0.3 is 0 Å². The second-order valence-electron chi connectivity index (χ2n) is 15.5. The highest BCUT2D eigenvalue weighted by Crippen LogP contribution is 2.44. The number of hydrogen-bond acceptors (Lipinski definition) is 2. The van der Waals surface area contributed by atoms with E-state index in [-0.39, 0.29) is 12.0 Å². The molecule has 11 rings (SSSR count). The second kappa shape index (κ2) is 14.4. The Bertz CT molecular complexity index is 3100. The molecule has 9 aromatic rings. The lowest BCUT2D eigenvalue weighted by molar-refractivity contribution is 0.655. The number of nitrogens with zero attached hydrogens (tertiary/aromatic N) is 1. The van der Waals surface area contributed by atoms with Gasteiger partial charge in [0.2, 0.25) is 0 Å². The summed E-state index contributed by atoms with van der Waals surface area (Å²) in [5.41, 5.74) is 13.1. The zero-order valence-electron chi connectivity index (χ0n) is 32.1. The summed E-state index contributed by atoms with van der Waals surface area (Å²) in [5.74, 6) is 0.104. The molecule has 1 heterocycles. The van der Waals surface area contributed by atoms with E-state index >= 15 is 0 Å². The summed E-state index contributed by atoms with van der Waals surface area (Å²) in [6.07, 6.45) is 13.9. The lowest BCUT2D eigenvalue weighted by Gasteiger charge is -2.41. The van der Waals surface area contributed by atoms with Gasteiger partial charge in [-0.2, -0.15) is 0 Å². The maximum absolute atomic E-state index is 6.57. The van der Waals surface area contributed by atoms with Crippen LogP contribution in [0.15, 0.2) is 222 Å². The Morgan fingerprint density at radius 1 is 0.517 bits per heavy atom. The first-order valence-corrected chi connectivity index (χ1v) is 20.4. The van der Waals surface area contributed by atoms with Crippen molar-refractivity contribution in [1.82, 2.24) is 0 Å². The van der Waals surface area contributed by atoms with Crippen LogP contribution >= 0.6 is 0 Å². The van der Waals surface area contributed by atoms with Gasteiger partial charge in [0.05, 0.1) is 6.04 Å². The molecule has 0 saturated heterocycles. The summed E-state index contributed by atoms with van der Waals surface area (Å²) in [6.45, 7) is 0. The number of anilines is 1. The molecule has 0 aliphatic heterocycles. The summed E-state index contributed by atoms with van der Waals surface area (Å²) in [5, 5.41) is 7.15. The number of rotatable bonds is 7. The molecule has 2 aliphatic rings. The monoisotopic (exact) mass is 743 g/mol. The molecule has 0 N–H and O–H groups in total. The van der Waals surface area contributed by atoms with Gasteiger partial charge in [-0.25, -0.2) is 0 Å². The molecular weight excluding hydrogens is 703 g/mol. The maximum atomic E-state index is 6.57. The standard InChI is InChI=1S/C56H41NO/c1-3-14-38(15-4-1)43-29-34-54(51(36-43)40-16-5-2-6-17-40)57(45-31-26-42(27-32-45)47-24-13-20-39-18-7-9-21-46(39)47)53-25-12-11-22-48(53)44-30-35-55-52(37-44)50-33-28-41-19-8-10-23-49(41)56(50)58-55/h1-11,13-24,26-37,51,54H,12,25H2. The first-order valence-electron chi connectivity index (χ1n) is 20.4. The molecule has 0 bridgehead atoms. The van der Waals surface area contributed by atoms with Crippen molar-refractivity contribution in [2.75, 3.05) is 4.90 Å². The van der Waals surface area contributed by atoms with Gasteiger partial charge in [0.25, 0.3) is 0 Å². The molecule has 2 atom stereocenters. The average molecular weight is 744 g/mol. The number of allylic oxidation sites excluding steroid dienone is 6. The van der Waals surface area contributed by atoms with E-state index < -0.39 is 0 Å². The van der Waals surface area contributed by atoms with E-state index in [0.29, 0.717) is 0 Å². The van der Waals surface area contributed by atoms with Crippen molar-refractivity contribution in [2.24, 2.45) is 0 Å². The van der Waals surface area contributed by atoms with Gasteiger partial charge < -0.3 is 9.32 Å². The zero-order chi connectivity index (χ0) is 38.4. The molecule has 2 heteroatoms. The topological polar surface area (TPSA) is 16.4 Å². The normalized spacial score (nSPS) is 16.7. The molecule has 1 aromatic heterocycles. The Labute approximate surface area is 339 Å². The first-order chi connectivity index (χ1) is 28.8. The van der Waals surface area contributed by atoms with E-state index in [9.17, 15) is 0 Å². The smallest absolute Gasteiger partial charge is 0.143 e. The number of furan rings is 1. The van der Waals surface area contributed by atoms with Gasteiger partial charge in [0.15, 0.2) is 0 Å². The molecule has 276 valence electrons. The molecule has 0 amide bonds. The van der Waals surface area contributed by atoms with Crippen LogP contribution in [-0.4, -0.2) is 6.04 Å². The molecule has 0 radical (unpaired) electrons. The van der Waals surface area contributed by atoms with Crippen LogP contribution in [0.3, 0.4) is 0 Å². The van der Waals surface area contributed by atoms with Gasteiger partial charge in [-0.3, -0.25) is 0 Å². The minimum Gasteiger partial charge on any atom is -0.455 e. The van der Waals surface area contributed by atoms with E-state index in [0.717, 1.165) is 40.2 Å². The first kappa shape index (κ1) is 34.1. The third-order valence-electron chi connectivity index (χ3n) is 12.1. The van der Waals surface area contributed by atoms with Crippen LogP contribution in [0.5, 0.6) is 0 Å². The third kappa shape index (κ3) is 5.97. The number of fused-ring (bicyclic) bond motifs is 6. The van der Waals surface area contributed by atoms with Crippen LogP contribution < -0.4 is 4.90 Å². The van der Waals surface area contributed by atoms with Gasteiger partial charge in [0.1, 0.15) is 11.2 Å². The minimum absolute atomic E-state index is 0.0274. The van der Waals surface area contributed by atoms with Crippen LogP contribution in [0.2, 0.25) is 0 Å². The van der Waals surface area contributed by atoms with E-state index in [1.54, 1.807) is 0 Å². The van der Waals surface area contributed by atoms with Crippen molar-refractivity contribution in [2.45, 2.75) is 24.8 Å². The maximum Gasteiger partial charge on any atom is 0.143 e. The fourth-order valence-corrected chi connectivity index (χ4v) is 9.33. The molecule has 0 spiro atoms. The van der Waals surface area contributed by atoms with Crippen LogP contribution in [0, 0.1) is 0 Å². The van der Waals surface area contributed by atoms with Crippen LogP contribution in [0.4, 0.5) is 5.69 Å². The zero-order valence-corrected chi connectivity index (χ0v) is 32.1. The molecule has 0 saturated carbocycles. The van der Waals surface area contributed by atoms with Gasteiger partial charge in [-0.1, -0.05) is 182 Å². The predicted molar refractivity (Wildman–Crippen MR) is 245 cm³/mol. The van der Waals surface area contributed by atoms with E-state index in [1.807, 2.05) is 0 Å². The van der Waals surface area contributed by atoms with Crippen molar-refractivity contribution >= 4 is 60.3 Å². The van der Waals surface area contributed by atoms with Crippen LogP contribution in [0.25, 0.3) is 65.8 Å². The quantitative estimate of drug-likeness (QED) is 0.162. The van der Waals surface area contributed by atoms with Crippen LogP contribution in [-0.2, 0) is 0 Å². The highest BCUT2D eigenvalue weighted by atomic mass is 16.3. The Kier molecular flexibility index (Phi) is 8.47. The largest absolute Gasteiger partial charge is 0.455 e. The van der Waals surface area contributed by atoms with Gasteiger partial charge in [-0.15, -0.1) is 0 Å². The highest BCUT2D eigenvalue weighted by molar-refractivity contribution is 6.15. The minimum atomic E-state index is 0.0274. The number of benzene rings is 8. The van der Waals surface area contributed by atoms with Crippen molar-refractivity contribution in [1.29, 1.82) is 0 Å². The predicted octanol–water partition coefficient (Wildman–Crippen LogP) is 14.9. The number of hydrogen-bond donors (Lipinski definition) is 0. The Balaban J connectivity index is 1.10. The molecular formula is C56H41NO. The highest BCUT2D eigenvalue weighted by Gasteiger charge is 2.33. The molecule has 2 nitrogen and oxygen atoms in total. The summed E-state index contributed by atoms with van der Waals surface area (Å²) >= 11 is 0. The summed E-state index contributed by atoms with van der Waals surface area (Å²) < 4.78 is 6.57. The molecule has 58 heavy (non-hydrogen) atoms. The van der Waals surface area contributed by atoms with Crippen molar-refractivity contribution in [3.05, 3.63) is 235 Å². The Morgan fingerprint density at radius 2 is 1.22 bits per heavy atom. The second-order valence-corrected chi connectivity index (χ2v) is 15.5. The molecule has 0 fully saturated rings. The average Bonchev–Trinajstić information content (AvgIpc) is 3.69. The summed E-state index contributed by atoms with van der Waals surface area (Å²) in [6, 6.07) is 66.1. The Hall–Kier alpha value is -7.16. The van der Waals surface area contributed by atoms with Gasteiger partial charge in [-0.05, 0) is 92.7 Å². The van der Waals surface area contributed by atoms with Gasteiger partial charge in [0, 0.05) is 39.0 Å². The molecule has 2 unspecified atom stereocenters. The van der Waals surface area contributed by atoms with E-state index in [2.05, 4.69) is 217 Å². The fourth-order valence-electron chi connectivity index (χ4n) is 9.33. The summed E-state index contributed by atoms with van der Waals surface area (Å²) in [4.78, 5) is 2.64. The van der Waals surface area contributed by atoms with Crippen molar-refractivity contribution in [3.8, 4) is 11.1 Å². The summed E-state index contributed by atoms with van der Waals surface area (Å²) in [7, 11) is 0. The van der Waals surface area contributed by atoms with Crippen molar-refractivity contribution < 1.29 is 4.42 Å². The lowest BCUT2D eigenvalue weighted by atomic mass is 9.82. The van der Waals surface area contributed by atoms with E-state index in [4.69, 9.17) is 4.42 Å². The van der Waals surface area contributed by atoms with E-state index in [1.165, 1.54) is 66.5 Å².